The van der Waals surface area contributed by atoms with Crippen molar-refractivity contribution in [3.8, 4) is 11.5 Å². The van der Waals surface area contributed by atoms with Crippen molar-refractivity contribution in [3.63, 3.8) is 0 Å². The van der Waals surface area contributed by atoms with Crippen molar-refractivity contribution in [2.45, 2.75) is 37.8 Å². The van der Waals surface area contributed by atoms with Crippen LogP contribution in [0.4, 0.5) is 5.69 Å². The molecule has 1 fully saturated rings. The summed E-state index contributed by atoms with van der Waals surface area (Å²) >= 11 is 12.2. The van der Waals surface area contributed by atoms with E-state index in [-0.39, 0.29) is 5.96 Å². The second kappa shape index (κ2) is 7.18. The van der Waals surface area contributed by atoms with Crippen LogP contribution in [0, 0.1) is 0 Å². The molecule has 1 aliphatic carbocycles. The van der Waals surface area contributed by atoms with Crippen LogP contribution in [-0.4, -0.2) is 22.6 Å². The Morgan fingerprint density at radius 2 is 1.77 bits per heavy atom. The largest absolute Gasteiger partial charge is 0.436 e. The Bertz CT molecular complexity index is 1200. The number of halogens is 2. The molecule has 0 saturated heterocycles. The summed E-state index contributed by atoms with van der Waals surface area (Å²) in [6, 6.07) is 11.0. The summed E-state index contributed by atoms with van der Waals surface area (Å²) < 4.78 is 5.93. The molecule has 0 unspecified atom stereocenters. The molecular weight excluding hydrogens is 423 g/mol. The third kappa shape index (κ3) is 3.18. The normalized spacial score (nSPS) is 18.5. The number of fused-ring (bicyclic) bond motifs is 1. The van der Waals surface area contributed by atoms with E-state index in [4.69, 9.17) is 44.1 Å². The standard InChI is InChI=1S/C21H20Cl2N6O/c22-14-6-4-12(10-15(14)23)18-26-16-11-13(5-7-17(16)30-18)29-20(25)27-19(24)28-21(29)8-2-1-3-9-21/h4-7,10-11H,1-3,8-9H2,(H4,24,25,27,28). The number of hydrogen-bond donors (Lipinski definition) is 2. The van der Waals surface area contributed by atoms with Crippen LogP contribution in [-0.2, 0) is 0 Å². The molecule has 1 aliphatic heterocycles. The van der Waals surface area contributed by atoms with Gasteiger partial charge in [-0.05, 0) is 62.1 Å². The zero-order valence-corrected chi connectivity index (χ0v) is 17.6. The Balaban J connectivity index is 1.57. The minimum absolute atomic E-state index is 0.232. The van der Waals surface area contributed by atoms with E-state index < -0.39 is 5.66 Å². The van der Waals surface area contributed by atoms with Gasteiger partial charge in [0.25, 0.3) is 0 Å². The molecule has 7 nitrogen and oxygen atoms in total. The average Bonchev–Trinajstić information content (AvgIpc) is 3.13. The molecule has 5 rings (SSSR count). The maximum Gasteiger partial charge on any atom is 0.227 e. The fourth-order valence-electron chi connectivity index (χ4n) is 4.30. The van der Waals surface area contributed by atoms with Gasteiger partial charge >= 0.3 is 0 Å². The monoisotopic (exact) mass is 442 g/mol. The molecule has 1 saturated carbocycles. The van der Waals surface area contributed by atoms with Crippen LogP contribution >= 0.6 is 23.2 Å². The van der Waals surface area contributed by atoms with E-state index in [1.165, 1.54) is 6.42 Å². The average molecular weight is 443 g/mol. The topological polar surface area (TPSA) is 106 Å². The van der Waals surface area contributed by atoms with Crippen LogP contribution in [0.1, 0.15) is 32.1 Å². The fraction of sp³-hybridized carbons (Fsp3) is 0.286. The number of aromatic nitrogens is 1. The molecular formula is C21H20Cl2N6O. The van der Waals surface area contributed by atoms with Crippen LogP contribution in [0.15, 0.2) is 50.8 Å². The summed E-state index contributed by atoms with van der Waals surface area (Å²) in [5.74, 6) is 1.04. The van der Waals surface area contributed by atoms with Crippen molar-refractivity contribution in [1.29, 1.82) is 0 Å². The van der Waals surface area contributed by atoms with Crippen molar-refractivity contribution in [2.24, 2.45) is 21.5 Å². The van der Waals surface area contributed by atoms with Gasteiger partial charge in [0.05, 0.1) is 10.0 Å². The van der Waals surface area contributed by atoms with Gasteiger partial charge in [-0.15, -0.1) is 0 Å². The molecule has 9 heteroatoms. The van der Waals surface area contributed by atoms with E-state index in [1.807, 2.05) is 29.2 Å². The predicted octanol–water partition coefficient (Wildman–Crippen LogP) is 4.91. The van der Waals surface area contributed by atoms with Gasteiger partial charge in [0, 0.05) is 11.3 Å². The number of oxazole rings is 1. The quantitative estimate of drug-likeness (QED) is 0.585. The van der Waals surface area contributed by atoms with Gasteiger partial charge in [0.2, 0.25) is 17.8 Å². The van der Waals surface area contributed by atoms with E-state index >= 15 is 0 Å². The van der Waals surface area contributed by atoms with Gasteiger partial charge < -0.3 is 15.9 Å². The summed E-state index contributed by atoms with van der Waals surface area (Å²) in [6.45, 7) is 0. The number of benzene rings is 2. The molecule has 2 aromatic carbocycles. The highest BCUT2D eigenvalue weighted by Gasteiger charge is 2.42. The fourth-order valence-corrected chi connectivity index (χ4v) is 4.60. The molecule has 2 aliphatic rings. The number of aliphatic imine (C=N–C) groups is 2. The molecule has 0 bridgehead atoms. The Hall–Kier alpha value is -2.77. The second-order valence-electron chi connectivity index (χ2n) is 7.62. The molecule has 1 spiro atoms. The van der Waals surface area contributed by atoms with Crippen molar-refractivity contribution in [1.82, 2.24) is 4.98 Å². The molecule has 0 amide bonds. The van der Waals surface area contributed by atoms with E-state index in [9.17, 15) is 0 Å². The molecule has 3 aromatic rings. The van der Waals surface area contributed by atoms with Crippen LogP contribution < -0.4 is 16.4 Å². The molecule has 154 valence electrons. The molecule has 0 radical (unpaired) electrons. The highest BCUT2D eigenvalue weighted by atomic mass is 35.5. The number of anilines is 1. The van der Waals surface area contributed by atoms with E-state index in [0.29, 0.717) is 33.0 Å². The first-order chi connectivity index (χ1) is 14.4. The highest BCUT2D eigenvalue weighted by molar-refractivity contribution is 6.42. The summed E-state index contributed by atoms with van der Waals surface area (Å²) in [7, 11) is 0. The lowest BCUT2D eigenvalue weighted by molar-refractivity contribution is 0.305. The first-order valence-electron chi connectivity index (χ1n) is 9.81. The number of nitrogens with two attached hydrogens (primary N) is 2. The molecule has 30 heavy (non-hydrogen) atoms. The first kappa shape index (κ1) is 19.2. The van der Waals surface area contributed by atoms with E-state index in [1.54, 1.807) is 12.1 Å². The molecule has 2 heterocycles. The van der Waals surface area contributed by atoms with Crippen molar-refractivity contribution in [2.75, 3.05) is 4.90 Å². The lowest BCUT2D eigenvalue weighted by Gasteiger charge is -2.45. The van der Waals surface area contributed by atoms with Crippen LogP contribution in [0.25, 0.3) is 22.6 Å². The van der Waals surface area contributed by atoms with Crippen LogP contribution in [0.2, 0.25) is 10.0 Å². The first-order valence-corrected chi connectivity index (χ1v) is 10.6. The summed E-state index contributed by atoms with van der Waals surface area (Å²) in [5, 5.41) is 0.931. The maximum absolute atomic E-state index is 6.32. The van der Waals surface area contributed by atoms with Crippen molar-refractivity contribution < 1.29 is 4.42 Å². The van der Waals surface area contributed by atoms with Crippen LogP contribution in [0.5, 0.6) is 0 Å². The van der Waals surface area contributed by atoms with Crippen LogP contribution in [0.3, 0.4) is 0 Å². The minimum atomic E-state index is -0.502. The SMILES string of the molecule is NC1=NC2(CCCCC2)N(c2ccc3oc(-c4ccc(Cl)c(Cl)c4)nc3c2)C(N)=N1. The van der Waals surface area contributed by atoms with E-state index in [2.05, 4.69) is 9.98 Å². The smallest absolute Gasteiger partial charge is 0.227 e. The Morgan fingerprint density at radius 1 is 0.967 bits per heavy atom. The zero-order valence-electron chi connectivity index (χ0n) is 16.1. The van der Waals surface area contributed by atoms with Gasteiger partial charge in [-0.1, -0.05) is 29.6 Å². The Morgan fingerprint density at radius 3 is 2.53 bits per heavy atom. The second-order valence-corrected chi connectivity index (χ2v) is 8.43. The summed E-state index contributed by atoms with van der Waals surface area (Å²) in [5.41, 5.74) is 14.8. The Labute approximate surface area is 183 Å². The van der Waals surface area contributed by atoms with Gasteiger partial charge in [0.1, 0.15) is 11.2 Å². The number of rotatable bonds is 2. The third-order valence-corrected chi connectivity index (χ3v) is 6.39. The minimum Gasteiger partial charge on any atom is -0.436 e. The molecule has 1 aromatic heterocycles. The Kier molecular flexibility index (Phi) is 4.60. The zero-order chi connectivity index (χ0) is 20.9. The van der Waals surface area contributed by atoms with Gasteiger partial charge in [-0.25, -0.2) is 9.98 Å². The lowest BCUT2D eigenvalue weighted by Crippen LogP contribution is -2.58. The number of hydrogen-bond acceptors (Lipinski definition) is 7. The predicted molar refractivity (Wildman–Crippen MR) is 121 cm³/mol. The summed E-state index contributed by atoms with van der Waals surface area (Å²) in [4.78, 5) is 15.6. The van der Waals surface area contributed by atoms with Gasteiger partial charge in [0.15, 0.2) is 5.58 Å². The van der Waals surface area contributed by atoms with Gasteiger partial charge in [-0.3, -0.25) is 4.90 Å². The number of nitrogens with zero attached hydrogens (tertiary/aromatic N) is 4. The molecule has 4 N–H and O–H groups in total. The maximum atomic E-state index is 6.32. The van der Waals surface area contributed by atoms with Gasteiger partial charge in [-0.2, -0.15) is 4.99 Å². The lowest BCUT2D eigenvalue weighted by atomic mass is 9.87. The summed E-state index contributed by atoms with van der Waals surface area (Å²) in [6.07, 6.45) is 5.05. The highest BCUT2D eigenvalue weighted by Crippen LogP contribution is 2.40. The third-order valence-electron chi connectivity index (χ3n) is 5.65. The van der Waals surface area contributed by atoms with Crippen molar-refractivity contribution >= 4 is 51.9 Å². The van der Waals surface area contributed by atoms with Crippen molar-refractivity contribution in [3.05, 3.63) is 46.4 Å². The molecule has 0 atom stereocenters. The number of guanidine groups is 2. The van der Waals surface area contributed by atoms with E-state index in [0.717, 1.165) is 36.9 Å².